The molecule has 0 saturated carbocycles. The molecule has 1 N–H and O–H groups in total. The molecule has 0 aromatic heterocycles. The highest BCUT2D eigenvalue weighted by atomic mass is 32.2. The van der Waals surface area contributed by atoms with Gasteiger partial charge < -0.3 is 5.32 Å². The maximum atomic E-state index is 12.4. The summed E-state index contributed by atoms with van der Waals surface area (Å²) in [4.78, 5) is 13.4. The number of carbonyl (C=O) groups is 1. The summed E-state index contributed by atoms with van der Waals surface area (Å²) in [6.45, 7) is 6.21. The first-order chi connectivity index (χ1) is 10.0. The van der Waals surface area contributed by atoms with Crippen LogP contribution in [0.25, 0.3) is 0 Å². The minimum atomic E-state index is -0.0225. The highest BCUT2D eigenvalue weighted by Crippen LogP contribution is 2.22. The van der Waals surface area contributed by atoms with E-state index >= 15 is 0 Å². The van der Waals surface area contributed by atoms with Gasteiger partial charge in [0.2, 0.25) is 0 Å². The summed E-state index contributed by atoms with van der Waals surface area (Å²) in [5.41, 5.74) is 4.39. The van der Waals surface area contributed by atoms with E-state index in [9.17, 15) is 4.79 Å². The van der Waals surface area contributed by atoms with E-state index in [0.717, 1.165) is 16.0 Å². The quantitative estimate of drug-likeness (QED) is 0.841. The van der Waals surface area contributed by atoms with Crippen molar-refractivity contribution in [3.8, 4) is 0 Å². The molecule has 0 radical (unpaired) electrons. The molecule has 2 aromatic rings. The second kappa shape index (κ2) is 6.81. The molecule has 2 aromatic carbocycles. The van der Waals surface area contributed by atoms with Gasteiger partial charge in [0.15, 0.2) is 0 Å². The van der Waals surface area contributed by atoms with Crippen LogP contribution in [-0.4, -0.2) is 12.2 Å². The van der Waals surface area contributed by atoms with Gasteiger partial charge in [-0.05, 0) is 55.9 Å². The van der Waals surface area contributed by atoms with Gasteiger partial charge in [0.05, 0.1) is 11.6 Å². The van der Waals surface area contributed by atoms with Crippen molar-refractivity contribution in [2.24, 2.45) is 0 Å². The molecule has 0 heterocycles. The Kier molecular flexibility index (Phi) is 5.07. The van der Waals surface area contributed by atoms with Crippen molar-refractivity contribution >= 4 is 17.7 Å². The van der Waals surface area contributed by atoms with Gasteiger partial charge in [-0.3, -0.25) is 4.79 Å². The van der Waals surface area contributed by atoms with Gasteiger partial charge in [-0.15, -0.1) is 11.8 Å². The predicted molar refractivity (Wildman–Crippen MR) is 90.0 cm³/mol. The minimum Gasteiger partial charge on any atom is -0.345 e. The monoisotopic (exact) mass is 299 g/mol. The van der Waals surface area contributed by atoms with E-state index in [4.69, 9.17) is 0 Å². The number of benzene rings is 2. The maximum absolute atomic E-state index is 12.4. The Hall–Kier alpha value is -1.74. The Morgan fingerprint density at radius 2 is 1.81 bits per heavy atom. The summed E-state index contributed by atoms with van der Waals surface area (Å²) in [5, 5.41) is 3.08. The third-order valence-corrected chi connectivity index (χ3v) is 4.53. The van der Waals surface area contributed by atoms with Gasteiger partial charge >= 0.3 is 0 Å². The standard InChI is InChI=1S/C18H21NOS/c1-12-9-10-15(11-13(12)2)14(3)19-18(20)16-7-5-6-8-17(16)21-4/h5-11,14H,1-4H3,(H,19,20). The SMILES string of the molecule is CSc1ccccc1C(=O)NC(C)c1ccc(C)c(C)c1. The molecule has 1 unspecified atom stereocenters. The number of rotatable bonds is 4. The van der Waals surface area contributed by atoms with Gasteiger partial charge in [0, 0.05) is 4.90 Å². The van der Waals surface area contributed by atoms with Crippen LogP contribution < -0.4 is 5.32 Å². The second-order valence-electron chi connectivity index (χ2n) is 5.24. The van der Waals surface area contributed by atoms with E-state index in [-0.39, 0.29) is 11.9 Å². The van der Waals surface area contributed by atoms with Crippen molar-refractivity contribution in [2.45, 2.75) is 31.7 Å². The molecular formula is C18H21NOS. The fraction of sp³-hybridized carbons (Fsp3) is 0.278. The number of amides is 1. The zero-order valence-electron chi connectivity index (χ0n) is 12.9. The Balaban J connectivity index is 2.16. The van der Waals surface area contributed by atoms with E-state index in [1.165, 1.54) is 11.1 Å². The average Bonchev–Trinajstić information content (AvgIpc) is 2.49. The lowest BCUT2D eigenvalue weighted by molar-refractivity contribution is 0.0937. The van der Waals surface area contributed by atoms with E-state index in [2.05, 4.69) is 37.4 Å². The Morgan fingerprint density at radius 3 is 2.48 bits per heavy atom. The first kappa shape index (κ1) is 15.6. The largest absolute Gasteiger partial charge is 0.345 e. The molecule has 2 nitrogen and oxygen atoms in total. The van der Waals surface area contributed by atoms with Crippen LogP contribution in [-0.2, 0) is 0 Å². The number of nitrogens with one attached hydrogen (secondary N) is 1. The minimum absolute atomic E-state index is 0.00767. The van der Waals surface area contributed by atoms with Gasteiger partial charge in [-0.1, -0.05) is 30.3 Å². The third-order valence-electron chi connectivity index (χ3n) is 3.73. The number of aryl methyl sites for hydroxylation is 2. The Morgan fingerprint density at radius 1 is 1.10 bits per heavy atom. The lowest BCUT2D eigenvalue weighted by Crippen LogP contribution is -2.27. The summed E-state index contributed by atoms with van der Waals surface area (Å²) in [6, 6.07) is 14.0. The van der Waals surface area contributed by atoms with Crippen molar-refractivity contribution in [1.82, 2.24) is 5.32 Å². The first-order valence-electron chi connectivity index (χ1n) is 7.04. The Bertz CT molecular complexity index is 651. The number of carbonyl (C=O) groups excluding carboxylic acids is 1. The second-order valence-corrected chi connectivity index (χ2v) is 6.09. The van der Waals surface area contributed by atoms with Gasteiger partial charge in [-0.2, -0.15) is 0 Å². The van der Waals surface area contributed by atoms with E-state index in [1.807, 2.05) is 37.4 Å². The van der Waals surface area contributed by atoms with Crippen LogP contribution in [0.1, 0.15) is 40.0 Å². The molecule has 0 fully saturated rings. The molecule has 110 valence electrons. The normalized spacial score (nSPS) is 12.0. The highest BCUT2D eigenvalue weighted by Gasteiger charge is 2.14. The van der Waals surface area contributed by atoms with Crippen LogP contribution in [0.15, 0.2) is 47.4 Å². The zero-order chi connectivity index (χ0) is 15.4. The summed E-state index contributed by atoms with van der Waals surface area (Å²) < 4.78 is 0. The van der Waals surface area contributed by atoms with Crippen molar-refractivity contribution in [1.29, 1.82) is 0 Å². The van der Waals surface area contributed by atoms with Crippen molar-refractivity contribution < 1.29 is 4.79 Å². The summed E-state index contributed by atoms with van der Waals surface area (Å²) in [7, 11) is 0. The van der Waals surface area contributed by atoms with Gasteiger partial charge in [0.25, 0.3) is 5.91 Å². The molecule has 1 atom stereocenters. The van der Waals surface area contributed by atoms with E-state index in [0.29, 0.717) is 0 Å². The molecule has 0 spiro atoms. The molecule has 0 saturated heterocycles. The number of hydrogen-bond acceptors (Lipinski definition) is 2. The third kappa shape index (κ3) is 3.67. The number of hydrogen-bond donors (Lipinski definition) is 1. The summed E-state index contributed by atoms with van der Waals surface area (Å²) in [6.07, 6.45) is 1.98. The highest BCUT2D eigenvalue weighted by molar-refractivity contribution is 7.98. The van der Waals surface area contributed by atoms with Crippen LogP contribution in [0.3, 0.4) is 0 Å². The summed E-state index contributed by atoms with van der Waals surface area (Å²) >= 11 is 1.59. The molecule has 21 heavy (non-hydrogen) atoms. The van der Waals surface area contributed by atoms with Gasteiger partial charge in [0.1, 0.15) is 0 Å². The van der Waals surface area contributed by atoms with Crippen molar-refractivity contribution in [3.63, 3.8) is 0 Å². The van der Waals surface area contributed by atoms with Crippen LogP contribution >= 0.6 is 11.8 Å². The lowest BCUT2D eigenvalue weighted by atomic mass is 10.0. The lowest BCUT2D eigenvalue weighted by Gasteiger charge is -2.16. The zero-order valence-corrected chi connectivity index (χ0v) is 13.8. The first-order valence-corrected chi connectivity index (χ1v) is 8.26. The molecule has 0 aliphatic carbocycles. The van der Waals surface area contributed by atoms with Crippen LogP contribution in [0.2, 0.25) is 0 Å². The summed E-state index contributed by atoms with van der Waals surface area (Å²) in [5.74, 6) is -0.0225. The topological polar surface area (TPSA) is 29.1 Å². The van der Waals surface area contributed by atoms with E-state index in [1.54, 1.807) is 11.8 Å². The molecule has 0 aliphatic rings. The molecule has 3 heteroatoms. The van der Waals surface area contributed by atoms with Crippen LogP contribution in [0.5, 0.6) is 0 Å². The fourth-order valence-corrected chi connectivity index (χ4v) is 2.82. The predicted octanol–water partition coefficient (Wildman–Crippen LogP) is 4.52. The van der Waals surface area contributed by atoms with Crippen molar-refractivity contribution in [2.75, 3.05) is 6.26 Å². The molecule has 1 amide bonds. The molecule has 0 bridgehead atoms. The maximum Gasteiger partial charge on any atom is 0.252 e. The number of thioether (sulfide) groups is 1. The fourth-order valence-electron chi connectivity index (χ4n) is 2.22. The molecule has 2 rings (SSSR count). The smallest absolute Gasteiger partial charge is 0.252 e. The van der Waals surface area contributed by atoms with Crippen molar-refractivity contribution in [3.05, 3.63) is 64.7 Å². The average molecular weight is 299 g/mol. The Labute approximate surface area is 131 Å². The molecular weight excluding hydrogens is 278 g/mol. The van der Waals surface area contributed by atoms with Gasteiger partial charge in [-0.25, -0.2) is 0 Å². The van der Waals surface area contributed by atoms with Crippen LogP contribution in [0.4, 0.5) is 0 Å². The van der Waals surface area contributed by atoms with Crippen LogP contribution in [0, 0.1) is 13.8 Å². The van der Waals surface area contributed by atoms with E-state index < -0.39 is 0 Å². The molecule has 0 aliphatic heterocycles.